The Morgan fingerprint density at radius 2 is 1.57 bits per heavy atom. The molecule has 0 aliphatic rings. The summed E-state index contributed by atoms with van der Waals surface area (Å²) in [6.45, 7) is 4.40. The van der Waals surface area contributed by atoms with Gasteiger partial charge in [-0.3, -0.25) is 19.4 Å². The number of aliphatic imine (C=N–C) groups is 1. The van der Waals surface area contributed by atoms with E-state index in [1.807, 2.05) is 13.2 Å². The first-order valence-electron chi connectivity index (χ1n) is 12.6. The van der Waals surface area contributed by atoms with Crippen molar-refractivity contribution in [1.29, 1.82) is 0 Å². The summed E-state index contributed by atoms with van der Waals surface area (Å²) in [5.41, 5.74) is 22.0. The van der Waals surface area contributed by atoms with Crippen LogP contribution in [0.4, 0.5) is 0 Å². The topological polar surface area (TPSA) is 241 Å². The zero-order valence-corrected chi connectivity index (χ0v) is 23.0. The van der Waals surface area contributed by atoms with Crippen molar-refractivity contribution in [2.45, 2.75) is 83.0 Å². The minimum Gasteiger partial charge on any atom is -0.480 e. The molecule has 0 bridgehead atoms. The fourth-order valence-corrected chi connectivity index (χ4v) is 3.87. The lowest BCUT2D eigenvalue weighted by Gasteiger charge is -2.28. The van der Waals surface area contributed by atoms with Gasteiger partial charge in [-0.05, 0) is 63.0 Å². The van der Waals surface area contributed by atoms with Gasteiger partial charge in [-0.15, -0.1) is 0 Å². The number of amides is 3. The molecule has 0 spiro atoms. The third-order valence-corrected chi connectivity index (χ3v) is 6.55. The molecule has 0 saturated heterocycles. The molecule has 0 rings (SSSR count). The summed E-state index contributed by atoms with van der Waals surface area (Å²) < 4.78 is 0. The van der Waals surface area contributed by atoms with E-state index in [1.54, 1.807) is 6.92 Å². The molecule has 0 fully saturated rings. The summed E-state index contributed by atoms with van der Waals surface area (Å²) in [5.74, 6) is -2.52. The predicted molar refractivity (Wildman–Crippen MR) is 147 cm³/mol. The van der Waals surface area contributed by atoms with E-state index in [1.165, 1.54) is 11.8 Å². The van der Waals surface area contributed by atoms with E-state index < -0.39 is 47.9 Å². The molecule has 214 valence electrons. The Labute approximate surface area is 223 Å². The largest absolute Gasteiger partial charge is 0.480 e. The van der Waals surface area contributed by atoms with Gasteiger partial charge in [-0.2, -0.15) is 11.8 Å². The monoisotopic (exact) mass is 546 g/mol. The fraction of sp³-hybridized carbons (Fsp3) is 0.783. The van der Waals surface area contributed by atoms with Gasteiger partial charge in [0.25, 0.3) is 0 Å². The van der Waals surface area contributed by atoms with Crippen LogP contribution in [0.15, 0.2) is 4.99 Å². The highest BCUT2D eigenvalue weighted by molar-refractivity contribution is 7.98. The van der Waals surface area contributed by atoms with Crippen LogP contribution in [0.2, 0.25) is 0 Å². The Bertz CT molecular complexity index is 751. The van der Waals surface area contributed by atoms with Gasteiger partial charge in [0.05, 0.1) is 6.04 Å². The van der Waals surface area contributed by atoms with Gasteiger partial charge in [0.2, 0.25) is 17.7 Å². The van der Waals surface area contributed by atoms with Gasteiger partial charge in [-0.25, -0.2) is 4.79 Å². The summed E-state index contributed by atoms with van der Waals surface area (Å²) in [7, 11) is 0. The highest BCUT2D eigenvalue weighted by Gasteiger charge is 2.32. The molecule has 0 aliphatic carbocycles. The number of carboxylic acid groups (broad SMARTS) is 1. The van der Waals surface area contributed by atoms with Crippen LogP contribution in [0.5, 0.6) is 0 Å². The van der Waals surface area contributed by atoms with Gasteiger partial charge in [0.15, 0.2) is 5.96 Å². The zero-order chi connectivity index (χ0) is 28.4. The second kappa shape index (κ2) is 19.5. The van der Waals surface area contributed by atoms with Crippen LogP contribution in [0.25, 0.3) is 0 Å². The number of aliphatic carboxylic acids is 1. The third-order valence-electron chi connectivity index (χ3n) is 5.90. The van der Waals surface area contributed by atoms with Gasteiger partial charge in [0.1, 0.15) is 18.1 Å². The number of carbonyl (C=O) groups is 4. The maximum Gasteiger partial charge on any atom is 0.326 e. The van der Waals surface area contributed by atoms with Gasteiger partial charge in [-0.1, -0.05) is 20.3 Å². The lowest BCUT2D eigenvalue weighted by atomic mass is 9.97. The Morgan fingerprint density at radius 1 is 0.919 bits per heavy atom. The number of nitrogens with one attached hydrogen (secondary N) is 3. The normalized spacial score (nSPS) is 14.9. The number of carbonyl (C=O) groups excluding carboxylic acids is 3. The number of rotatable bonds is 20. The van der Waals surface area contributed by atoms with Crippen LogP contribution in [-0.4, -0.2) is 84.0 Å². The number of unbranched alkanes of at least 4 members (excludes halogenated alkanes) is 1. The second-order valence-corrected chi connectivity index (χ2v) is 9.94. The molecule has 0 saturated carbocycles. The average molecular weight is 547 g/mol. The van der Waals surface area contributed by atoms with Crippen molar-refractivity contribution in [2.75, 3.05) is 25.1 Å². The fourth-order valence-electron chi connectivity index (χ4n) is 3.40. The first kappa shape index (κ1) is 34.4. The van der Waals surface area contributed by atoms with Crippen molar-refractivity contribution in [1.82, 2.24) is 16.0 Å². The van der Waals surface area contributed by atoms with Crippen LogP contribution < -0.4 is 38.9 Å². The highest BCUT2D eigenvalue weighted by Crippen LogP contribution is 2.11. The number of nitrogens with two attached hydrogens (primary N) is 4. The van der Waals surface area contributed by atoms with E-state index in [4.69, 9.17) is 22.9 Å². The van der Waals surface area contributed by atoms with Gasteiger partial charge >= 0.3 is 5.97 Å². The lowest BCUT2D eigenvalue weighted by molar-refractivity contribution is -0.143. The molecule has 5 unspecified atom stereocenters. The molecular formula is C23H46N8O5S. The van der Waals surface area contributed by atoms with Crippen LogP contribution in [0.1, 0.15) is 58.8 Å². The molecule has 0 aromatic heterocycles. The molecule has 0 aliphatic heterocycles. The van der Waals surface area contributed by atoms with E-state index in [-0.39, 0.29) is 18.3 Å². The zero-order valence-electron chi connectivity index (χ0n) is 22.2. The molecule has 3 amide bonds. The Morgan fingerprint density at radius 3 is 2.11 bits per heavy atom. The molecule has 0 heterocycles. The average Bonchev–Trinajstić information content (AvgIpc) is 2.85. The Balaban J connectivity index is 5.38. The standard InChI is InChI=1S/C23H46N8O5S/c1-4-14(2)18(21(34)30-17(22(35)36)9-5-6-11-24)31-20(33)16(10-13-37-3)29-19(32)15(25)8-7-12-28-23(26)27/h14-18H,4-13,24-25H2,1-3H3,(H,29,32)(H,30,34)(H,31,33)(H,35,36)(H4,26,27,28). The van der Waals surface area contributed by atoms with Crippen LogP contribution in [-0.2, 0) is 19.2 Å². The first-order chi connectivity index (χ1) is 17.5. The van der Waals surface area contributed by atoms with Crippen molar-refractivity contribution in [3.05, 3.63) is 0 Å². The summed E-state index contributed by atoms with van der Waals surface area (Å²) in [5, 5.41) is 17.5. The summed E-state index contributed by atoms with van der Waals surface area (Å²) in [4.78, 5) is 54.3. The van der Waals surface area contributed by atoms with E-state index in [9.17, 15) is 24.3 Å². The first-order valence-corrected chi connectivity index (χ1v) is 14.0. The molecule has 12 N–H and O–H groups in total. The van der Waals surface area contributed by atoms with Gasteiger partial charge < -0.3 is 44.0 Å². The Kier molecular flexibility index (Phi) is 18.2. The number of nitrogens with zero attached hydrogens (tertiary/aromatic N) is 1. The number of thioether (sulfide) groups is 1. The van der Waals surface area contributed by atoms with Gasteiger partial charge in [0, 0.05) is 6.54 Å². The quantitative estimate of drug-likeness (QED) is 0.0517. The smallest absolute Gasteiger partial charge is 0.326 e. The number of hydrogen-bond donors (Lipinski definition) is 8. The molecule has 0 aromatic carbocycles. The van der Waals surface area contributed by atoms with Crippen molar-refractivity contribution in [3.8, 4) is 0 Å². The molecule has 13 nitrogen and oxygen atoms in total. The predicted octanol–water partition coefficient (Wildman–Crippen LogP) is -1.17. The number of guanidine groups is 1. The maximum atomic E-state index is 13.2. The van der Waals surface area contributed by atoms with Crippen molar-refractivity contribution < 1.29 is 24.3 Å². The molecule has 0 radical (unpaired) electrons. The van der Waals surface area contributed by atoms with Crippen LogP contribution >= 0.6 is 11.8 Å². The minimum atomic E-state index is -1.15. The van der Waals surface area contributed by atoms with E-state index in [0.29, 0.717) is 57.4 Å². The Hall–Kier alpha value is -2.58. The lowest BCUT2D eigenvalue weighted by Crippen LogP contribution is -2.58. The van der Waals surface area contributed by atoms with Crippen molar-refractivity contribution in [3.63, 3.8) is 0 Å². The molecule has 14 heteroatoms. The van der Waals surface area contributed by atoms with E-state index in [0.717, 1.165) is 0 Å². The SMILES string of the molecule is CCC(C)C(NC(=O)C(CCSC)NC(=O)C(N)CCCN=C(N)N)C(=O)NC(CCCCN)C(=O)O. The summed E-state index contributed by atoms with van der Waals surface area (Å²) >= 11 is 1.50. The van der Waals surface area contributed by atoms with Crippen molar-refractivity contribution in [2.24, 2.45) is 33.8 Å². The summed E-state index contributed by atoms with van der Waals surface area (Å²) in [6, 6.07) is -3.84. The molecule has 0 aromatic rings. The highest BCUT2D eigenvalue weighted by atomic mass is 32.2. The van der Waals surface area contributed by atoms with Crippen molar-refractivity contribution >= 4 is 41.4 Å². The minimum absolute atomic E-state index is 0.0445. The van der Waals surface area contributed by atoms with E-state index in [2.05, 4.69) is 20.9 Å². The van der Waals surface area contributed by atoms with Crippen LogP contribution in [0.3, 0.4) is 0 Å². The van der Waals surface area contributed by atoms with Crippen LogP contribution in [0, 0.1) is 5.92 Å². The number of carboxylic acids is 1. The summed E-state index contributed by atoms with van der Waals surface area (Å²) in [6.07, 6.45) is 4.97. The molecule has 37 heavy (non-hydrogen) atoms. The maximum absolute atomic E-state index is 13.2. The molecular weight excluding hydrogens is 500 g/mol. The second-order valence-electron chi connectivity index (χ2n) is 8.95. The van der Waals surface area contributed by atoms with E-state index >= 15 is 0 Å². The third kappa shape index (κ3) is 14.7. The molecule has 5 atom stereocenters. The number of hydrogen-bond acceptors (Lipinski definition) is 8.